The van der Waals surface area contributed by atoms with Gasteiger partial charge in [0.15, 0.2) is 0 Å². The summed E-state index contributed by atoms with van der Waals surface area (Å²) < 4.78 is 28.4. The van der Waals surface area contributed by atoms with Gasteiger partial charge in [0, 0.05) is 24.7 Å². The Morgan fingerprint density at radius 2 is 1.76 bits per heavy atom. The standard InChI is InChI=1S/C16H21F2N3/c1-3-15(4-2)21-6-5-14(20-21)10-16(19)11-7-12(17)9-13(18)8-11/h5-9,15-16H,3-4,10,19H2,1-2H3. The van der Waals surface area contributed by atoms with Gasteiger partial charge in [-0.3, -0.25) is 4.68 Å². The van der Waals surface area contributed by atoms with Gasteiger partial charge in [-0.2, -0.15) is 5.10 Å². The van der Waals surface area contributed by atoms with E-state index in [1.807, 2.05) is 16.9 Å². The Labute approximate surface area is 123 Å². The number of nitrogens with zero attached hydrogens (tertiary/aromatic N) is 2. The third-order valence-corrected chi connectivity index (χ3v) is 3.72. The van der Waals surface area contributed by atoms with E-state index in [4.69, 9.17) is 5.73 Å². The minimum Gasteiger partial charge on any atom is -0.324 e. The molecule has 21 heavy (non-hydrogen) atoms. The van der Waals surface area contributed by atoms with Crippen LogP contribution in [0.3, 0.4) is 0 Å². The van der Waals surface area contributed by atoms with Crippen molar-refractivity contribution in [2.75, 3.05) is 0 Å². The highest BCUT2D eigenvalue weighted by Crippen LogP contribution is 2.20. The Hall–Kier alpha value is -1.75. The Morgan fingerprint density at radius 1 is 1.14 bits per heavy atom. The summed E-state index contributed by atoms with van der Waals surface area (Å²) in [6.07, 6.45) is 4.42. The minimum absolute atomic E-state index is 0.376. The molecule has 114 valence electrons. The van der Waals surface area contributed by atoms with Crippen molar-refractivity contribution in [3.63, 3.8) is 0 Å². The van der Waals surface area contributed by atoms with Crippen LogP contribution in [0.5, 0.6) is 0 Å². The zero-order chi connectivity index (χ0) is 15.4. The number of aromatic nitrogens is 2. The van der Waals surface area contributed by atoms with Crippen LogP contribution in [0.2, 0.25) is 0 Å². The molecule has 1 aromatic carbocycles. The lowest BCUT2D eigenvalue weighted by Crippen LogP contribution is -2.15. The van der Waals surface area contributed by atoms with Gasteiger partial charge in [0.1, 0.15) is 11.6 Å². The summed E-state index contributed by atoms with van der Waals surface area (Å²) in [4.78, 5) is 0. The number of halogens is 2. The number of rotatable bonds is 6. The van der Waals surface area contributed by atoms with E-state index >= 15 is 0 Å². The lowest BCUT2D eigenvalue weighted by molar-refractivity contribution is 0.424. The normalized spacial score (nSPS) is 12.9. The van der Waals surface area contributed by atoms with Gasteiger partial charge >= 0.3 is 0 Å². The monoisotopic (exact) mass is 293 g/mol. The van der Waals surface area contributed by atoms with Crippen LogP contribution >= 0.6 is 0 Å². The van der Waals surface area contributed by atoms with E-state index in [1.165, 1.54) is 12.1 Å². The molecule has 0 aliphatic carbocycles. The van der Waals surface area contributed by atoms with E-state index in [0.29, 0.717) is 18.0 Å². The lowest BCUT2D eigenvalue weighted by atomic mass is 10.0. The van der Waals surface area contributed by atoms with E-state index in [9.17, 15) is 8.78 Å². The van der Waals surface area contributed by atoms with E-state index in [0.717, 1.165) is 24.6 Å². The topological polar surface area (TPSA) is 43.8 Å². The van der Waals surface area contributed by atoms with Crippen molar-refractivity contribution in [3.8, 4) is 0 Å². The summed E-state index contributed by atoms with van der Waals surface area (Å²) >= 11 is 0. The summed E-state index contributed by atoms with van der Waals surface area (Å²) in [7, 11) is 0. The van der Waals surface area contributed by atoms with Gasteiger partial charge in [-0.15, -0.1) is 0 Å². The predicted octanol–water partition coefficient (Wildman–Crippen LogP) is 3.76. The first-order valence-electron chi connectivity index (χ1n) is 7.29. The molecule has 1 aromatic heterocycles. The van der Waals surface area contributed by atoms with Crippen molar-refractivity contribution in [2.24, 2.45) is 5.73 Å². The molecule has 0 fully saturated rings. The van der Waals surface area contributed by atoms with Crippen LogP contribution in [0.1, 0.15) is 50.0 Å². The summed E-state index contributed by atoms with van der Waals surface area (Å²) in [5.41, 5.74) is 7.31. The molecule has 3 nitrogen and oxygen atoms in total. The molecule has 2 rings (SSSR count). The molecule has 1 unspecified atom stereocenters. The maximum atomic E-state index is 13.2. The van der Waals surface area contributed by atoms with Crippen LogP contribution in [-0.2, 0) is 6.42 Å². The molecular formula is C16H21F2N3. The van der Waals surface area contributed by atoms with Gasteiger partial charge < -0.3 is 5.73 Å². The fraction of sp³-hybridized carbons (Fsp3) is 0.438. The van der Waals surface area contributed by atoms with Gasteiger partial charge in [0.05, 0.1) is 11.7 Å². The molecule has 0 saturated heterocycles. The highest BCUT2D eigenvalue weighted by atomic mass is 19.1. The van der Waals surface area contributed by atoms with Gasteiger partial charge in [0.2, 0.25) is 0 Å². The van der Waals surface area contributed by atoms with Crippen LogP contribution in [0.15, 0.2) is 30.5 Å². The third kappa shape index (κ3) is 3.88. The number of hydrogen-bond acceptors (Lipinski definition) is 2. The van der Waals surface area contributed by atoms with Crippen LogP contribution in [0.4, 0.5) is 8.78 Å². The summed E-state index contributed by atoms with van der Waals surface area (Å²) in [5, 5.41) is 4.51. The third-order valence-electron chi connectivity index (χ3n) is 3.72. The summed E-state index contributed by atoms with van der Waals surface area (Å²) in [5.74, 6) is -1.22. The molecule has 0 amide bonds. The van der Waals surface area contributed by atoms with Crippen molar-refractivity contribution < 1.29 is 8.78 Å². The molecule has 5 heteroatoms. The molecule has 1 atom stereocenters. The smallest absolute Gasteiger partial charge is 0.126 e. The summed E-state index contributed by atoms with van der Waals surface area (Å²) in [6, 6.07) is 5.20. The van der Waals surface area contributed by atoms with Crippen molar-refractivity contribution in [3.05, 3.63) is 53.4 Å². The average Bonchev–Trinajstić information content (AvgIpc) is 2.87. The van der Waals surface area contributed by atoms with E-state index < -0.39 is 17.7 Å². The van der Waals surface area contributed by atoms with Crippen molar-refractivity contribution in [1.29, 1.82) is 0 Å². The fourth-order valence-electron chi connectivity index (χ4n) is 2.48. The van der Waals surface area contributed by atoms with E-state index in [1.54, 1.807) is 0 Å². The van der Waals surface area contributed by atoms with Crippen LogP contribution in [-0.4, -0.2) is 9.78 Å². The van der Waals surface area contributed by atoms with Crippen molar-refractivity contribution >= 4 is 0 Å². The molecule has 2 N–H and O–H groups in total. The SMILES string of the molecule is CCC(CC)n1ccc(CC(N)c2cc(F)cc(F)c2)n1. The van der Waals surface area contributed by atoms with Crippen LogP contribution in [0.25, 0.3) is 0 Å². The maximum absolute atomic E-state index is 13.2. The molecule has 0 aliphatic heterocycles. The van der Waals surface area contributed by atoms with Gasteiger partial charge in [0.25, 0.3) is 0 Å². The fourth-order valence-corrected chi connectivity index (χ4v) is 2.48. The second kappa shape index (κ2) is 6.80. The minimum atomic E-state index is -0.608. The number of benzene rings is 1. The Balaban J connectivity index is 2.10. The van der Waals surface area contributed by atoms with E-state index in [-0.39, 0.29) is 0 Å². The second-order valence-electron chi connectivity index (χ2n) is 5.27. The zero-order valence-electron chi connectivity index (χ0n) is 12.4. The van der Waals surface area contributed by atoms with Crippen LogP contribution < -0.4 is 5.73 Å². The predicted molar refractivity (Wildman–Crippen MR) is 78.8 cm³/mol. The van der Waals surface area contributed by atoms with E-state index in [2.05, 4.69) is 18.9 Å². The van der Waals surface area contributed by atoms with Crippen molar-refractivity contribution in [1.82, 2.24) is 9.78 Å². The average molecular weight is 293 g/mol. The largest absolute Gasteiger partial charge is 0.324 e. The number of hydrogen-bond donors (Lipinski definition) is 1. The lowest BCUT2D eigenvalue weighted by Gasteiger charge is -2.13. The second-order valence-corrected chi connectivity index (χ2v) is 5.27. The molecule has 0 radical (unpaired) electrons. The van der Waals surface area contributed by atoms with Crippen molar-refractivity contribution in [2.45, 2.75) is 45.2 Å². The molecule has 2 aromatic rings. The Kier molecular flexibility index (Phi) is 5.07. The Morgan fingerprint density at radius 3 is 2.33 bits per heavy atom. The van der Waals surface area contributed by atoms with Gasteiger partial charge in [-0.25, -0.2) is 8.78 Å². The molecule has 0 saturated carbocycles. The molecular weight excluding hydrogens is 272 g/mol. The highest BCUT2D eigenvalue weighted by molar-refractivity contribution is 5.22. The molecule has 0 spiro atoms. The molecule has 0 aliphatic rings. The maximum Gasteiger partial charge on any atom is 0.126 e. The summed E-state index contributed by atoms with van der Waals surface area (Å²) in [6.45, 7) is 4.24. The highest BCUT2D eigenvalue weighted by Gasteiger charge is 2.13. The Bertz CT molecular complexity index is 571. The number of nitrogens with two attached hydrogens (primary N) is 1. The first-order valence-corrected chi connectivity index (χ1v) is 7.29. The first-order chi connectivity index (χ1) is 10.0. The molecule has 1 heterocycles. The van der Waals surface area contributed by atoms with Crippen LogP contribution in [0, 0.1) is 11.6 Å². The van der Waals surface area contributed by atoms with Gasteiger partial charge in [-0.05, 0) is 36.6 Å². The molecule has 0 bridgehead atoms. The quantitative estimate of drug-likeness (QED) is 0.881. The zero-order valence-corrected chi connectivity index (χ0v) is 12.4. The van der Waals surface area contributed by atoms with Gasteiger partial charge in [-0.1, -0.05) is 13.8 Å². The first kappa shape index (κ1) is 15.6.